The van der Waals surface area contributed by atoms with Crippen LogP contribution in [0.4, 0.5) is 16.5 Å². The van der Waals surface area contributed by atoms with Gasteiger partial charge in [0.2, 0.25) is 0 Å². The van der Waals surface area contributed by atoms with Gasteiger partial charge in [-0.05, 0) is 46.3 Å². The van der Waals surface area contributed by atoms with Crippen molar-refractivity contribution in [1.29, 1.82) is 0 Å². The minimum absolute atomic E-state index is 0. The molecule has 3 aromatic rings. The number of azo groups is 1. The normalized spacial score (nSPS) is 10.5. The monoisotopic (exact) mass is 388 g/mol. The Hall–Kier alpha value is -2.05. The highest BCUT2D eigenvalue weighted by atomic mass is 79.9. The van der Waals surface area contributed by atoms with Crippen LogP contribution in [0.15, 0.2) is 76.4 Å². The molecule has 6 heteroatoms. The molecular weight excluding hydrogens is 372 g/mol. The SMILES string of the molecule is C[n+]1ccsc1/N=N/c1ccc(NCc2ccccc2)cc1.[Br-]. The fraction of sp³-hybridized carbons (Fsp3) is 0.118. The summed E-state index contributed by atoms with van der Waals surface area (Å²) in [6.45, 7) is 0.812. The van der Waals surface area contributed by atoms with E-state index in [2.05, 4.69) is 27.7 Å². The van der Waals surface area contributed by atoms with Crippen LogP contribution >= 0.6 is 11.3 Å². The van der Waals surface area contributed by atoms with Gasteiger partial charge in [0.05, 0.1) is 12.2 Å². The summed E-state index contributed by atoms with van der Waals surface area (Å²) < 4.78 is 1.95. The summed E-state index contributed by atoms with van der Waals surface area (Å²) in [6.07, 6.45) is 1.97. The molecule has 0 aliphatic heterocycles. The van der Waals surface area contributed by atoms with Crippen LogP contribution in [0.25, 0.3) is 0 Å². The summed E-state index contributed by atoms with van der Waals surface area (Å²) in [5.74, 6) is 0. The van der Waals surface area contributed by atoms with Gasteiger partial charge in [-0.15, -0.1) is 0 Å². The van der Waals surface area contributed by atoms with E-state index >= 15 is 0 Å². The molecule has 23 heavy (non-hydrogen) atoms. The Balaban J connectivity index is 0.00000192. The number of halogens is 1. The Labute approximate surface area is 150 Å². The van der Waals surface area contributed by atoms with Crippen molar-refractivity contribution in [3.63, 3.8) is 0 Å². The third-order valence-corrected chi connectivity index (χ3v) is 4.06. The average molecular weight is 389 g/mol. The lowest BCUT2D eigenvalue weighted by molar-refractivity contribution is -0.654. The molecule has 4 nitrogen and oxygen atoms in total. The van der Waals surface area contributed by atoms with Crippen molar-refractivity contribution in [2.75, 3.05) is 5.32 Å². The van der Waals surface area contributed by atoms with Gasteiger partial charge in [0.15, 0.2) is 0 Å². The van der Waals surface area contributed by atoms with E-state index in [-0.39, 0.29) is 17.0 Å². The molecule has 0 fully saturated rings. The topological polar surface area (TPSA) is 40.6 Å². The van der Waals surface area contributed by atoms with Crippen LogP contribution in [0, 0.1) is 0 Å². The fourth-order valence-electron chi connectivity index (χ4n) is 1.97. The predicted molar refractivity (Wildman–Crippen MR) is 89.9 cm³/mol. The van der Waals surface area contributed by atoms with Crippen molar-refractivity contribution in [2.24, 2.45) is 17.3 Å². The van der Waals surface area contributed by atoms with E-state index in [0.717, 1.165) is 23.1 Å². The van der Waals surface area contributed by atoms with E-state index in [1.54, 1.807) is 11.3 Å². The second kappa shape index (κ2) is 8.55. The molecule has 0 radical (unpaired) electrons. The van der Waals surface area contributed by atoms with Crippen LogP contribution < -0.4 is 26.9 Å². The number of nitrogens with one attached hydrogen (secondary N) is 1. The third-order valence-electron chi connectivity index (χ3n) is 3.22. The fourth-order valence-corrected chi connectivity index (χ4v) is 2.65. The van der Waals surface area contributed by atoms with Crippen LogP contribution in [-0.2, 0) is 13.6 Å². The summed E-state index contributed by atoms with van der Waals surface area (Å²) in [5, 5.41) is 14.8. The molecule has 0 spiro atoms. The Morgan fingerprint density at radius 2 is 1.74 bits per heavy atom. The molecule has 0 atom stereocenters. The molecule has 118 valence electrons. The first-order valence-corrected chi connectivity index (χ1v) is 7.92. The molecule has 1 heterocycles. The minimum atomic E-state index is 0. The predicted octanol–water partition coefficient (Wildman–Crippen LogP) is 1.60. The number of aryl methyl sites for hydroxylation is 1. The largest absolute Gasteiger partial charge is 1.00 e. The highest BCUT2D eigenvalue weighted by molar-refractivity contribution is 7.12. The average Bonchev–Trinajstić information content (AvgIpc) is 2.98. The summed E-state index contributed by atoms with van der Waals surface area (Å²) in [5.41, 5.74) is 3.18. The minimum Gasteiger partial charge on any atom is -1.00 e. The van der Waals surface area contributed by atoms with Gasteiger partial charge in [0, 0.05) is 17.6 Å². The van der Waals surface area contributed by atoms with Crippen molar-refractivity contribution < 1.29 is 21.5 Å². The zero-order valence-electron chi connectivity index (χ0n) is 12.7. The van der Waals surface area contributed by atoms with Gasteiger partial charge in [-0.1, -0.05) is 30.3 Å². The number of aromatic nitrogens is 1. The first-order valence-electron chi connectivity index (χ1n) is 7.04. The zero-order valence-corrected chi connectivity index (χ0v) is 15.1. The number of anilines is 1. The molecule has 2 aromatic carbocycles. The van der Waals surface area contributed by atoms with Crippen molar-refractivity contribution in [3.05, 3.63) is 71.7 Å². The second-order valence-electron chi connectivity index (χ2n) is 4.88. The lowest BCUT2D eigenvalue weighted by atomic mass is 10.2. The Morgan fingerprint density at radius 1 is 1.00 bits per heavy atom. The van der Waals surface area contributed by atoms with Gasteiger partial charge >= 0.3 is 5.13 Å². The van der Waals surface area contributed by atoms with E-state index in [9.17, 15) is 0 Å². The van der Waals surface area contributed by atoms with E-state index < -0.39 is 0 Å². The van der Waals surface area contributed by atoms with Crippen molar-refractivity contribution in [1.82, 2.24) is 0 Å². The number of hydrogen-bond acceptors (Lipinski definition) is 4. The van der Waals surface area contributed by atoms with Crippen LogP contribution in [-0.4, -0.2) is 0 Å². The molecule has 1 N–H and O–H groups in total. The number of rotatable bonds is 5. The smallest absolute Gasteiger partial charge is 0.408 e. The Morgan fingerprint density at radius 3 is 2.39 bits per heavy atom. The van der Waals surface area contributed by atoms with Crippen LogP contribution in [0.1, 0.15) is 5.56 Å². The van der Waals surface area contributed by atoms with Gasteiger partial charge in [-0.3, -0.25) is 0 Å². The zero-order chi connectivity index (χ0) is 15.2. The van der Waals surface area contributed by atoms with Crippen LogP contribution in [0.5, 0.6) is 0 Å². The molecule has 0 bridgehead atoms. The molecule has 3 rings (SSSR count). The van der Waals surface area contributed by atoms with Gasteiger partial charge in [-0.2, -0.15) is 0 Å². The summed E-state index contributed by atoms with van der Waals surface area (Å²) in [6, 6.07) is 18.3. The lowest BCUT2D eigenvalue weighted by Crippen LogP contribution is -3.00. The van der Waals surface area contributed by atoms with Gasteiger partial charge in [0.25, 0.3) is 0 Å². The van der Waals surface area contributed by atoms with Gasteiger partial charge in [-0.25, -0.2) is 4.57 Å². The van der Waals surface area contributed by atoms with Gasteiger partial charge in [0.1, 0.15) is 11.9 Å². The van der Waals surface area contributed by atoms with Crippen molar-refractivity contribution in [2.45, 2.75) is 6.54 Å². The lowest BCUT2D eigenvalue weighted by Gasteiger charge is -2.05. The molecule has 0 unspecified atom stereocenters. The van der Waals surface area contributed by atoms with Crippen LogP contribution in [0.2, 0.25) is 0 Å². The molecule has 1 aromatic heterocycles. The molecular formula is C17H17BrN4S. The quantitative estimate of drug-likeness (QED) is 0.523. The molecule has 0 amide bonds. The maximum Gasteiger partial charge on any atom is 0.408 e. The van der Waals surface area contributed by atoms with Crippen LogP contribution in [0.3, 0.4) is 0 Å². The van der Waals surface area contributed by atoms with Crippen molar-refractivity contribution in [3.8, 4) is 0 Å². The summed E-state index contributed by atoms with van der Waals surface area (Å²) >= 11 is 1.57. The molecule has 0 aliphatic carbocycles. The second-order valence-corrected chi connectivity index (χ2v) is 5.76. The Kier molecular flexibility index (Phi) is 6.43. The molecule has 0 saturated carbocycles. The van der Waals surface area contributed by atoms with Gasteiger partial charge < -0.3 is 22.3 Å². The first-order chi connectivity index (χ1) is 10.8. The standard InChI is InChI=1S/C17H16N4S.BrH/c1-21-11-12-22-17(21)20-19-16-9-7-15(8-10-16)18-13-14-5-3-2-4-6-14;/h2-12H,13H2,1H3;1H. The maximum atomic E-state index is 4.26. The van der Waals surface area contributed by atoms with E-state index in [4.69, 9.17) is 0 Å². The number of nitrogens with zero attached hydrogens (tertiary/aromatic N) is 3. The van der Waals surface area contributed by atoms with E-state index in [0.29, 0.717) is 0 Å². The first kappa shape index (κ1) is 17.3. The highest BCUT2D eigenvalue weighted by Gasteiger charge is 2.06. The Bertz CT molecular complexity index is 754. The summed E-state index contributed by atoms with van der Waals surface area (Å²) in [4.78, 5) is 0. The number of thiazole rings is 1. The van der Waals surface area contributed by atoms with E-state index in [1.807, 2.05) is 65.7 Å². The van der Waals surface area contributed by atoms with E-state index in [1.165, 1.54) is 5.56 Å². The number of hydrogen-bond donors (Lipinski definition) is 1. The molecule has 0 saturated heterocycles. The summed E-state index contributed by atoms with van der Waals surface area (Å²) in [7, 11) is 1.96. The van der Waals surface area contributed by atoms with Crippen molar-refractivity contribution >= 4 is 27.8 Å². The number of benzene rings is 2. The molecule has 0 aliphatic rings. The highest BCUT2D eigenvalue weighted by Crippen LogP contribution is 2.20. The maximum absolute atomic E-state index is 4.26. The third kappa shape index (κ3) is 4.97.